The molecule has 0 aliphatic heterocycles. The summed E-state index contributed by atoms with van der Waals surface area (Å²) < 4.78 is 63.1. The third-order valence-corrected chi connectivity index (χ3v) is 6.41. The lowest BCUT2D eigenvalue weighted by Crippen LogP contribution is -2.33. The molecule has 3 rings (SSSR count). The summed E-state index contributed by atoms with van der Waals surface area (Å²) in [6, 6.07) is 15.4. The first-order chi connectivity index (χ1) is 14.5. The number of amides is 1. The number of rotatable bonds is 6. The molecule has 0 saturated carbocycles. The number of alkyl halides is 3. The molecule has 0 fully saturated rings. The van der Waals surface area contributed by atoms with Crippen LogP contribution in [0.25, 0.3) is 11.3 Å². The number of benzene rings is 2. The second-order valence-corrected chi connectivity index (χ2v) is 9.26. The number of carbonyl (C=O) groups excluding carboxylic acids is 1. The largest absolute Gasteiger partial charge is 0.402 e. The van der Waals surface area contributed by atoms with E-state index in [0.29, 0.717) is 5.69 Å². The molecular weight excluding hydrogens is 546 g/mol. The molecule has 0 unspecified atom stereocenters. The number of hydrogen-bond acceptors (Lipinski definition) is 4. The highest BCUT2D eigenvalue weighted by Crippen LogP contribution is 2.27. The molecule has 0 radical (unpaired) electrons. The fraction of sp³-hybridized carbons (Fsp3) is 0.100. The molecule has 0 saturated heterocycles. The van der Waals surface area contributed by atoms with Crippen LogP contribution in [0.5, 0.6) is 0 Å². The Labute approximate surface area is 190 Å². The average Bonchev–Trinajstić information content (AvgIpc) is 2.74. The normalized spacial score (nSPS) is 11.9. The summed E-state index contributed by atoms with van der Waals surface area (Å²) >= 11 is 2.16. The quantitative estimate of drug-likeness (QED) is 0.436. The predicted octanol–water partition coefficient (Wildman–Crippen LogP) is 4.45. The molecule has 6 nitrogen and oxygen atoms in total. The second kappa shape index (κ2) is 9.32. The fourth-order valence-electron chi connectivity index (χ4n) is 2.57. The van der Waals surface area contributed by atoms with Gasteiger partial charge in [-0.3, -0.25) is 9.78 Å². The summed E-state index contributed by atoms with van der Waals surface area (Å²) in [5.41, 5.74) is 2.22. The monoisotopic (exact) mass is 561 g/mol. The van der Waals surface area contributed by atoms with Crippen molar-refractivity contribution in [2.75, 3.05) is 11.9 Å². The Hall–Kier alpha value is -2.51. The minimum atomic E-state index is -4.67. The lowest BCUT2D eigenvalue weighted by molar-refractivity contribution is -0.121. The molecule has 2 N–H and O–H groups in total. The number of hydrogen-bond donors (Lipinski definition) is 2. The van der Waals surface area contributed by atoms with Gasteiger partial charge in [0.25, 0.3) is 5.91 Å². The first kappa shape index (κ1) is 23.2. The molecule has 1 heterocycles. The number of aromatic nitrogens is 1. The third-order valence-electron chi connectivity index (χ3n) is 4.05. The van der Waals surface area contributed by atoms with Gasteiger partial charge in [-0.05, 0) is 77.2 Å². The summed E-state index contributed by atoms with van der Waals surface area (Å²) in [5.74, 6) is -0.500. The van der Waals surface area contributed by atoms with E-state index in [1.165, 1.54) is 16.9 Å². The number of sulfonamides is 1. The molecule has 3 aromatic rings. The molecule has 2 aromatic carbocycles. The predicted molar refractivity (Wildman–Crippen MR) is 118 cm³/mol. The lowest BCUT2D eigenvalue weighted by Gasteiger charge is -2.11. The Balaban J connectivity index is 1.74. The van der Waals surface area contributed by atoms with Crippen LogP contribution in [0.2, 0.25) is 0 Å². The summed E-state index contributed by atoms with van der Waals surface area (Å²) in [7, 11) is -4.35. The summed E-state index contributed by atoms with van der Waals surface area (Å²) in [6.07, 6.45) is -3.01. The van der Waals surface area contributed by atoms with Crippen molar-refractivity contribution in [2.24, 2.45) is 0 Å². The van der Waals surface area contributed by atoms with Crippen LogP contribution in [0.3, 0.4) is 0 Å². The molecule has 31 heavy (non-hydrogen) atoms. The number of pyridine rings is 1. The Bertz CT molecular complexity index is 1190. The van der Waals surface area contributed by atoms with E-state index >= 15 is 0 Å². The van der Waals surface area contributed by atoms with Gasteiger partial charge in [-0.15, -0.1) is 0 Å². The van der Waals surface area contributed by atoms with Gasteiger partial charge in [0.1, 0.15) is 6.54 Å². The van der Waals surface area contributed by atoms with Crippen molar-refractivity contribution >= 4 is 44.2 Å². The van der Waals surface area contributed by atoms with E-state index in [-0.39, 0.29) is 10.5 Å². The van der Waals surface area contributed by atoms with Gasteiger partial charge in [0.15, 0.2) is 0 Å². The zero-order valence-corrected chi connectivity index (χ0v) is 18.6. The lowest BCUT2D eigenvalue weighted by atomic mass is 10.1. The van der Waals surface area contributed by atoms with Gasteiger partial charge < -0.3 is 5.32 Å². The van der Waals surface area contributed by atoms with Gasteiger partial charge in [-0.1, -0.05) is 6.07 Å². The van der Waals surface area contributed by atoms with Crippen LogP contribution in [-0.4, -0.2) is 32.0 Å². The Morgan fingerprint density at radius 3 is 2.35 bits per heavy atom. The standard InChI is InChI=1S/C20H15F3IN3O3S/c21-20(22,23)12-26-31(29,30)15-7-4-13(5-8-15)19(28)27-14-6-9-17(24)16(11-14)18-3-1-2-10-25-18/h1-11,26H,12H2,(H,27,28). The van der Waals surface area contributed by atoms with Crippen molar-refractivity contribution in [1.82, 2.24) is 9.71 Å². The van der Waals surface area contributed by atoms with Crippen molar-refractivity contribution in [2.45, 2.75) is 11.1 Å². The van der Waals surface area contributed by atoms with Crippen molar-refractivity contribution in [1.29, 1.82) is 0 Å². The van der Waals surface area contributed by atoms with Crippen molar-refractivity contribution < 1.29 is 26.4 Å². The highest BCUT2D eigenvalue weighted by atomic mass is 127. The maximum Gasteiger partial charge on any atom is 0.402 e. The number of nitrogens with one attached hydrogen (secondary N) is 2. The smallest absolute Gasteiger partial charge is 0.322 e. The molecule has 162 valence electrons. The average molecular weight is 561 g/mol. The van der Waals surface area contributed by atoms with Gasteiger partial charge >= 0.3 is 6.18 Å². The van der Waals surface area contributed by atoms with Crippen molar-refractivity contribution in [3.05, 3.63) is 76.0 Å². The molecule has 0 bridgehead atoms. The van der Waals surface area contributed by atoms with Gasteiger partial charge in [-0.2, -0.15) is 13.2 Å². The van der Waals surface area contributed by atoms with Crippen molar-refractivity contribution in [3.8, 4) is 11.3 Å². The number of carbonyl (C=O) groups is 1. The molecule has 1 amide bonds. The van der Waals surface area contributed by atoms with Crippen molar-refractivity contribution in [3.63, 3.8) is 0 Å². The second-order valence-electron chi connectivity index (χ2n) is 6.33. The van der Waals surface area contributed by atoms with Gasteiger partial charge in [0.05, 0.1) is 10.6 Å². The highest BCUT2D eigenvalue weighted by molar-refractivity contribution is 14.1. The molecule has 0 atom stereocenters. The van der Waals surface area contributed by atoms with Gasteiger partial charge in [-0.25, -0.2) is 13.1 Å². The van der Waals surface area contributed by atoms with Gasteiger partial charge in [0.2, 0.25) is 10.0 Å². The topological polar surface area (TPSA) is 88.2 Å². The zero-order chi connectivity index (χ0) is 22.6. The molecule has 1 aromatic heterocycles. The maximum atomic E-state index is 12.5. The Morgan fingerprint density at radius 2 is 1.74 bits per heavy atom. The summed E-state index contributed by atoms with van der Waals surface area (Å²) in [5, 5.41) is 2.71. The molecule has 0 aliphatic rings. The van der Waals surface area contributed by atoms with Crippen LogP contribution in [0.15, 0.2) is 71.8 Å². The first-order valence-corrected chi connectivity index (χ1v) is 11.3. The molecule has 11 heteroatoms. The molecule has 0 aliphatic carbocycles. The van der Waals surface area contributed by atoms with Crippen LogP contribution < -0.4 is 10.0 Å². The summed E-state index contributed by atoms with van der Waals surface area (Å²) in [4.78, 5) is 16.4. The van der Waals surface area contributed by atoms with E-state index < -0.39 is 28.7 Å². The van der Waals surface area contributed by atoms with Crippen LogP contribution in [0, 0.1) is 3.57 Å². The van der Waals surface area contributed by atoms with Crippen LogP contribution >= 0.6 is 22.6 Å². The van der Waals surface area contributed by atoms with Gasteiger partial charge in [0, 0.05) is 26.6 Å². The highest BCUT2D eigenvalue weighted by Gasteiger charge is 2.30. The Kier molecular flexibility index (Phi) is 6.96. The molecular formula is C20H15F3IN3O3S. The van der Waals surface area contributed by atoms with E-state index in [2.05, 4.69) is 32.9 Å². The fourth-order valence-corrected chi connectivity index (χ4v) is 4.20. The summed E-state index contributed by atoms with van der Waals surface area (Å²) in [6.45, 7) is -1.68. The SMILES string of the molecule is O=C(Nc1ccc(I)c(-c2ccccn2)c1)c1ccc(S(=O)(=O)NCC(F)(F)F)cc1. The van der Waals surface area contributed by atoms with E-state index in [4.69, 9.17) is 0 Å². The van der Waals surface area contributed by atoms with E-state index in [1.807, 2.05) is 18.2 Å². The van der Waals surface area contributed by atoms with E-state index in [9.17, 15) is 26.4 Å². The number of anilines is 1. The number of halogens is 4. The minimum absolute atomic E-state index is 0.146. The first-order valence-electron chi connectivity index (χ1n) is 8.74. The van der Waals surface area contributed by atoms with Crippen LogP contribution in [-0.2, 0) is 10.0 Å². The van der Waals surface area contributed by atoms with Crippen LogP contribution in [0.4, 0.5) is 18.9 Å². The number of nitrogens with zero attached hydrogens (tertiary/aromatic N) is 1. The van der Waals surface area contributed by atoms with E-state index in [1.54, 1.807) is 24.4 Å². The Morgan fingerprint density at radius 1 is 1.03 bits per heavy atom. The molecule has 0 spiro atoms. The minimum Gasteiger partial charge on any atom is -0.322 e. The third kappa shape index (κ3) is 6.24. The van der Waals surface area contributed by atoms with E-state index in [0.717, 1.165) is 27.0 Å². The van der Waals surface area contributed by atoms with Crippen LogP contribution in [0.1, 0.15) is 10.4 Å². The maximum absolute atomic E-state index is 12.5. The zero-order valence-electron chi connectivity index (χ0n) is 15.7.